The number of carbonyl (C=O) groups is 5. The van der Waals surface area contributed by atoms with Gasteiger partial charge in [0.15, 0.2) is 35.0 Å². The van der Waals surface area contributed by atoms with E-state index in [1.54, 1.807) is 23.2 Å². The number of anilines is 1. The number of ether oxygens (including phenoxy) is 11. The van der Waals surface area contributed by atoms with E-state index in [1.165, 1.54) is 49.5 Å². The van der Waals surface area contributed by atoms with Crippen LogP contribution in [-0.2, 0) is 44.7 Å². The highest BCUT2D eigenvalue weighted by Crippen LogP contribution is 2.43. The molecule has 2 saturated heterocycles. The maximum atomic E-state index is 14.6. The Kier molecular flexibility index (Phi) is 26.1. The van der Waals surface area contributed by atoms with Gasteiger partial charge in [0.2, 0.25) is 0 Å². The number of aliphatic hydroxyl groups excluding tert-OH is 4. The molecule has 92 heavy (non-hydrogen) atoms. The number of hydrogen-bond acceptors (Lipinski definition) is 23. The van der Waals surface area contributed by atoms with Gasteiger partial charge in [0.1, 0.15) is 37.3 Å². The number of Topliss-reactive ketones (excluding diaryl/α,β-unsaturated/α-hetero) is 1. The smallest absolute Gasteiger partial charge is 0.416 e. The number of aliphatic imine (C=N–C) groups is 1. The molecule has 0 bridgehead atoms. The fraction of sp³-hybridized carbons (Fsp3) is 0.554. The van der Waals surface area contributed by atoms with Crippen LogP contribution in [0.2, 0.25) is 0 Å². The molecule has 3 aromatic rings. The van der Waals surface area contributed by atoms with Crippen molar-refractivity contribution in [3.8, 4) is 28.7 Å². The number of carboxylic acids is 1. The number of carboxylic acid groups (broad SMARTS) is 1. The van der Waals surface area contributed by atoms with E-state index in [2.05, 4.69) is 23.3 Å². The largest absolute Gasteiger partial charge is 0.493 e. The third kappa shape index (κ3) is 18.3. The molecule has 3 fully saturated rings. The first-order chi connectivity index (χ1) is 44.4. The number of methoxy groups -OCH3 is 2. The van der Waals surface area contributed by atoms with Crippen LogP contribution in [0.15, 0.2) is 76.9 Å². The predicted molar refractivity (Wildman–Crippen MR) is 332 cm³/mol. The lowest BCUT2D eigenvalue weighted by molar-refractivity contribution is -0.174. The Bertz CT molecular complexity index is 3130. The second-order valence-corrected chi connectivity index (χ2v) is 22.9. The minimum Gasteiger partial charge on any atom is -0.493 e. The Morgan fingerprint density at radius 3 is 1.86 bits per heavy atom. The summed E-state index contributed by atoms with van der Waals surface area (Å²) in [6.07, 6.45) is -5.26. The number of nitrogens with zero attached hydrogens (tertiary/aromatic N) is 5. The lowest BCUT2D eigenvalue weighted by Gasteiger charge is -2.38. The Hall–Kier alpha value is -7.73. The quantitative estimate of drug-likeness (QED) is 0.0159. The molecule has 27 heteroatoms. The summed E-state index contributed by atoms with van der Waals surface area (Å²) in [6, 6.07) is 9.45. The molecule has 502 valence electrons. The van der Waals surface area contributed by atoms with Crippen molar-refractivity contribution >= 4 is 53.0 Å². The first-order valence-corrected chi connectivity index (χ1v) is 30.8. The zero-order valence-corrected chi connectivity index (χ0v) is 52.5. The minimum atomic E-state index is -1.88. The molecular weight excluding hydrogens is 1200 g/mol. The molecule has 8 atom stereocenters. The fourth-order valence-corrected chi connectivity index (χ4v) is 11.2. The number of unbranched alkanes of at least 4 members (excludes halogenated alkanes) is 2. The number of aliphatic hydroxyl groups is 4. The number of amides is 3. The van der Waals surface area contributed by atoms with Gasteiger partial charge in [-0.2, -0.15) is 0 Å². The topological polar surface area (TPSA) is 332 Å². The summed E-state index contributed by atoms with van der Waals surface area (Å²) in [7, 11) is 2.92. The van der Waals surface area contributed by atoms with E-state index < -0.39 is 79.4 Å². The van der Waals surface area contributed by atoms with E-state index in [4.69, 9.17) is 56.9 Å². The normalized spacial score (nSPS) is 21.6. The Labute approximate surface area is 533 Å². The fourth-order valence-electron chi connectivity index (χ4n) is 11.2. The Balaban J connectivity index is 0.866. The number of aliphatic carboxylic acids is 1. The van der Waals surface area contributed by atoms with Gasteiger partial charge in [-0.1, -0.05) is 35.5 Å². The molecule has 0 aromatic heterocycles. The molecule has 4 heterocycles. The molecule has 1 unspecified atom stereocenters. The van der Waals surface area contributed by atoms with E-state index in [9.17, 15) is 49.5 Å². The van der Waals surface area contributed by atoms with Crippen LogP contribution >= 0.6 is 0 Å². The summed E-state index contributed by atoms with van der Waals surface area (Å²) < 4.78 is 63.4. The van der Waals surface area contributed by atoms with E-state index >= 15 is 0 Å². The van der Waals surface area contributed by atoms with Gasteiger partial charge in [-0.15, -0.1) is 0 Å². The van der Waals surface area contributed by atoms with Crippen LogP contribution < -0.4 is 28.6 Å². The van der Waals surface area contributed by atoms with Gasteiger partial charge >= 0.3 is 12.1 Å². The number of fused-ring (bicyclic) bond motifs is 4. The monoisotopic (exact) mass is 1290 g/mol. The number of carbonyl (C=O) groups excluding carboxylic acids is 4. The lowest BCUT2D eigenvalue weighted by Crippen LogP contribution is -2.57. The van der Waals surface area contributed by atoms with Gasteiger partial charge in [0, 0.05) is 50.9 Å². The summed E-state index contributed by atoms with van der Waals surface area (Å²) in [5, 5.41) is 57.7. The van der Waals surface area contributed by atoms with E-state index in [0.29, 0.717) is 120 Å². The van der Waals surface area contributed by atoms with Crippen molar-refractivity contribution < 1.29 is 106 Å². The summed E-state index contributed by atoms with van der Waals surface area (Å²) in [5.41, 5.74) is 3.61. The van der Waals surface area contributed by atoms with Crippen molar-refractivity contribution in [2.24, 2.45) is 16.1 Å². The highest BCUT2D eigenvalue weighted by Gasteiger charge is 2.48. The zero-order chi connectivity index (χ0) is 65.8. The molecule has 1 aliphatic carbocycles. The molecule has 3 amide bonds. The average Bonchev–Trinajstić information content (AvgIpc) is 1.58. The van der Waals surface area contributed by atoms with E-state index in [-0.39, 0.29) is 104 Å². The number of hydrogen-bond donors (Lipinski definition) is 5. The Morgan fingerprint density at radius 1 is 0.641 bits per heavy atom. The van der Waals surface area contributed by atoms with Crippen molar-refractivity contribution in [1.82, 2.24) is 9.80 Å². The lowest BCUT2D eigenvalue weighted by atomic mass is 9.80. The number of ketones is 1. The molecule has 27 nitrogen and oxygen atoms in total. The maximum absolute atomic E-state index is 14.6. The van der Waals surface area contributed by atoms with Crippen LogP contribution in [0, 0.1) is 5.92 Å². The van der Waals surface area contributed by atoms with Crippen LogP contribution in [0.25, 0.3) is 0 Å². The first kappa shape index (κ1) is 70.1. The molecule has 0 radical (unpaired) electrons. The zero-order valence-electron chi connectivity index (χ0n) is 52.5. The van der Waals surface area contributed by atoms with Crippen molar-refractivity contribution in [3.63, 3.8) is 0 Å². The van der Waals surface area contributed by atoms with Crippen molar-refractivity contribution in [2.45, 2.75) is 115 Å². The van der Waals surface area contributed by atoms with Gasteiger partial charge < -0.3 is 92.3 Å². The summed E-state index contributed by atoms with van der Waals surface area (Å²) in [6.45, 7) is 16.1. The van der Waals surface area contributed by atoms with Gasteiger partial charge in [-0.3, -0.25) is 24.2 Å². The number of oxime groups is 1. The van der Waals surface area contributed by atoms with Gasteiger partial charge in [-0.25, -0.2) is 9.69 Å². The van der Waals surface area contributed by atoms with Crippen LogP contribution in [0.5, 0.6) is 28.7 Å². The average molecular weight is 1290 g/mol. The molecular formula is C65H85N5O22. The standard InChI is InChI=1S/C65H85N5O22/c1-39(2)67-91-26-25-87-24-23-86-22-21-85-20-19-84-18-17-83-14-10-11-51(71)46-29-42(12-13-52(46)92-57-32-47(64(78)79)58(72)60(74)59(57)73)38-90-65(80)70-49-34-56(54(82-6)31-45(49)62(76)69-37-41(4)28-50(69)63(70)77)89-16-9-7-8-15-88-55-33-48-44(30-53(55)81-5)61(75)68-36-40(3)27-43(68)35-66-48/h12-13,29-31,33-35,43,47,50,57-60,63,72-74,77H,3-4,7-11,14-28,32,36-38H2,1-2,5-6H3,(H,78,79)/t43-,47-,50-,57+,58+,59-,60-,63?/m0/s1. The molecule has 0 spiro atoms. The highest BCUT2D eigenvalue weighted by atomic mass is 16.6. The SMILES string of the molecule is C=C1C[C@H]2C=Nc3cc(OCCCCCOc4cc5c(cc4OC)C(=O)N4CC(=C)C[C@H]4C(O)N5C(=O)OCc4ccc(O[C@@H]5C[C@H](C(=O)O)[C@@H](O)[C@H](O)[C@H]5O)c(C(=O)CCCOCCOCCOCCOCCOCCON=C(C)C)c4)c(OC)cc3C(=O)N2C1. The molecule has 8 rings (SSSR count). The Morgan fingerprint density at radius 2 is 1.23 bits per heavy atom. The summed E-state index contributed by atoms with van der Waals surface area (Å²) >= 11 is 0. The first-order valence-electron chi connectivity index (χ1n) is 30.8. The third-order valence-corrected chi connectivity index (χ3v) is 15.9. The van der Waals surface area contributed by atoms with Crippen LogP contribution in [-0.4, -0.2) is 233 Å². The van der Waals surface area contributed by atoms with Gasteiger partial charge in [-0.05, 0) is 82.2 Å². The van der Waals surface area contributed by atoms with E-state index in [1.807, 2.05) is 13.8 Å². The van der Waals surface area contributed by atoms with Crippen molar-refractivity contribution in [3.05, 3.63) is 89.0 Å². The van der Waals surface area contributed by atoms with E-state index in [0.717, 1.165) is 16.2 Å². The molecule has 4 aliphatic heterocycles. The molecule has 5 aliphatic rings. The van der Waals surface area contributed by atoms with Crippen molar-refractivity contribution in [2.75, 3.05) is 118 Å². The molecule has 1 saturated carbocycles. The highest BCUT2D eigenvalue weighted by molar-refractivity contribution is 6.06. The van der Waals surface area contributed by atoms with Crippen molar-refractivity contribution in [1.29, 1.82) is 0 Å². The van der Waals surface area contributed by atoms with Gasteiger partial charge in [0.05, 0.1) is 145 Å². The summed E-state index contributed by atoms with van der Waals surface area (Å²) in [5.74, 6) is -2.89. The summed E-state index contributed by atoms with van der Waals surface area (Å²) in [4.78, 5) is 82.3. The van der Waals surface area contributed by atoms with Crippen LogP contribution in [0.1, 0.15) is 102 Å². The predicted octanol–water partition coefficient (Wildman–Crippen LogP) is 5.46. The maximum Gasteiger partial charge on any atom is 0.416 e. The van der Waals surface area contributed by atoms with Crippen LogP contribution in [0.3, 0.4) is 0 Å². The minimum absolute atomic E-state index is 0.0182. The number of rotatable bonds is 36. The van der Waals surface area contributed by atoms with Crippen LogP contribution in [0.4, 0.5) is 16.2 Å². The third-order valence-electron chi connectivity index (χ3n) is 15.9. The second-order valence-electron chi connectivity index (χ2n) is 22.9. The molecule has 3 aromatic carbocycles. The molecule has 5 N–H and O–H groups in total. The second kappa shape index (κ2) is 34.3. The van der Waals surface area contributed by atoms with Gasteiger partial charge in [0.25, 0.3) is 11.8 Å². The number of benzene rings is 3.